The van der Waals surface area contributed by atoms with Crippen LogP contribution in [0.1, 0.15) is 37.4 Å². The Kier molecular flexibility index (Phi) is 6.24. The largest absolute Gasteiger partial charge is 0.497 e. The Hall–Kier alpha value is -2.49. The van der Waals surface area contributed by atoms with Gasteiger partial charge in [-0.3, -0.25) is 4.79 Å². The lowest BCUT2D eigenvalue weighted by molar-refractivity contribution is -0.128. The number of carbonyl (C=O) groups is 1. The summed E-state index contributed by atoms with van der Waals surface area (Å²) in [5, 5.41) is 3.01. The summed E-state index contributed by atoms with van der Waals surface area (Å²) >= 11 is 0. The van der Waals surface area contributed by atoms with E-state index in [1.165, 1.54) is 0 Å². The zero-order valence-corrected chi connectivity index (χ0v) is 14.7. The van der Waals surface area contributed by atoms with Crippen LogP contribution in [0.2, 0.25) is 0 Å². The minimum absolute atomic E-state index is 0.0981. The summed E-state index contributed by atoms with van der Waals surface area (Å²) in [5.74, 6) is 1.40. The van der Waals surface area contributed by atoms with E-state index < -0.39 is 6.10 Å². The molecular formula is C20H25NO3. The van der Waals surface area contributed by atoms with Crippen molar-refractivity contribution in [2.75, 3.05) is 7.11 Å². The number of hydrogen-bond acceptors (Lipinski definition) is 3. The van der Waals surface area contributed by atoms with E-state index in [4.69, 9.17) is 9.47 Å². The fourth-order valence-corrected chi connectivity index (χ4v) is 2.39. The van der Waals surface area contributed by atoms with Gasteiger partial charge in [0.1, 0.15) is 11.5 Å². The second-order valence-corrected chi connectivity index (χ2v) is 5.83. The minimum Gasteiger partial charge on any atom is -0.497 e. The molecule has 0 heterocycles. The third-order valence-corrected chi connectivity index (χ3v) is 3.94. The second-order valence-electron chi connectivity index (χ2n) is 5.83. The predicted octanol–water partition coefficient (Wildman–Crippen LogP) is 4.04. The molecule has 0 aromatic heterocycles. The number of hydrogen-bond donors (Lipinski definition) is 1. The lowest BCUT2D eigenvalue weighted by Crippen LogP contribution is -2.39. The number of benzene rings is 2. The molecule has 0 aliphatic carbocycles. The van der Waals surface area contributed by atoms with E-state index in [0.29, 0.717) is 12.2 Å². The van der Waals surface area contributed by atoms with E-state index in [1.807, 2.05) is 69.3 Å². The summed E-state index contributed by atoms with van der Waals surface area (Å²) in [6.45, 7) is 5.92. The summed E-state index contributed by atoms with van der Waals surface area (Å²) in [6.07, 6.45) is 0.100. The molecule has 2 rings (SSSR count). The summed E-state index contributed by atoms with van der Waals surface area (Å²) < 4.78 is 11.0. The van der Waals surface area contributed by atoms with Crippen LogP contribution in [0, 0.1) is 6.92 Å². The molecule has 128 valence electrons. The average Bonchev–Trinajstić information content (AvgIpc) is 2.61. The van der Waals surface area contributed by atoms with E-state index in [1.54, 1.807) is 7.11 Å². The highest BCUT2D eigenvalue weighted by atomic mass is 16.5. The van der Waals surface area contributed by atoms with Crippen molar-refractivity contribution in [1.29, 1.82) is 0 Å². The number of carbonyl (C=O) groups excluding carboxylic acids is 1. The zero-order chi connectivity index (χ0) is 17.5. The average molecular weight is 327 g/mol. The van der Waals surface area contributed by atoms with Gasteiger partial charge in [0, 0.05) is 0 Å². The number of amides is 1. The standard InChI is InChI=1S/C20H25NO3/c1-5-19(24-18-10-6-14(2)7-11-18)20(22)21-15(3)16-8-12-17(23-4)13-9-16/h6-13,15,19H,5H2,1-4H3,(H,21,22)/t15-,19+/m0/s1. The molecule has 0 fully saturated rings. The highest BCUT2D eigenvalue weighted by Crippen LogP contribution is 2.19. The molecule has 2 atom stereocenters. The van der Waals surface area contributed by atoms with Crippen LogP contribution in [0.4, 0.5) is 0 Å². The van der Waals surface area contributed by atoms with Crippen LogP contribution in [0.5, 0.6) is 11.5 Å². The smallest absolute Gasteiger partial charge is 0.261 e. The van der Waals surface area contributed by atoms with Gasteiger partial charge in [0.05, 0.1) is 13.2 Å². The monoisotopic (exact) mass is 327 g/mol. The van der Waals surface area contributed by atoms with E-state index in [2.05, 4.69) is 5.32 Å². The molecule has 4 nitrogen and oxygen atoms in total. The van der Waals surface area contributed by atoms with Crippen LogP contribution in [0.25, 0.3) is 0 Å². The van der Waals surface area contributed by atoms with Gasteiger partial charge in [-0.2, -0.15) is 0 Å². The van der Waals surface area contributed by atoms with Crippen molar-refractivity contribution in [2.24, 2.45) is 0 Å². The molecule has 24 heavy (non-hydrogen) atoms. The number of aryl methyl sites for hydroxylation is 1. The molecule has 0 aliphatic heterocycles. The van der Waals surface area contributed by atoms with Crippen molar-refractivity contribution in [1.82, 2.24) is 5.32 Å². The van der Waals surface area contributed by atoms with Crippen LogP contribution in [0.15, 0.2) is 48.5 Å². The molecule has 4 heteroatoms. The first kappa shape index (κ1) is 17.9. The molecule has 0 radical (unpaired) electrons. The van der Waals surface area contributed by atoms with Gasteiger partial charge in [-0.1, -0.05) is 36.8 Å². The molecule has 2 aromatic rings. The van der Waals surface area contributed by atoms with Crippen molar-refractivity contribution < 1.29 is 14.3 Å². The summed E-state index contributed by atoms with van der Waals surface area (Å²) in [7, 11) is 1.63. The van der Waals surface area contributed by atoms with Crippen molar-refractivity contribution in [2.45, 2.75) is 39.3 Å². The second kappa shape index (κ2) is 8.39. The van der Waals surface area contributed by atoms with Crippen molar-refractivity contribution in [3.05, 3.63) is 59.7 Å². The summed E-state index contributed by atoms with van der Waals surface area (Å²) in [6, 6.07) is 15.3. The molecule has 2 aromatic carbocycles. The fourth-order valence-electron chi connectivity index (χ4n) is 2.39. The predicted molar refractivity (Wildman–Crippen MR) is 95.4 cm³/mol. The normalized spacial score (nSPS) is 13.0. The van der Waals surface area contributed by atoms with Crippen LogP contribution >= 0.6 is 0 Å². The highest BCUT2D eigenvalue weighted by Gasteiger charge is 2.20. The van der Waals surface area contributed by atoms with Gasteiger partial charge >= 0.3 is 0 Å². The molecule has 0 bridgehead atoms. The van der Waals surface area contributed by atoms with Gasteiger partial charge in [-0.25, -0.2) is 0 Å². The first-order valence-corrected chi connectivity index (χ1v) is 8.21. The van der Waals surface area contributed by atoms with Gasteiger partial charge in [0.25, 0.3) is 5.91 Å². The number of methoxy groups -OCH3 is 1. The first-order valence-electron chi connectivity index (χ1n) is 8.21. The lowest BCUT2D eigenvalue weighted by atomic mass is 10.1. The van der Waals surface area contributed by atoms with E-state index in [-0.39, 0.29) is 11.9 Å². The van der Waals surface area contributed by atoms with E-state index in [9.17, 15) is 4.79 Å². The van der Waals surface area contributed by atoms with Gasteiger partial charge in [-0.05, 0) is 50.1 Å². The van der Waals surface area contributed by atoms with Gasteiger partial charge in [0.15, 0.2) is 6.10 Å². The van der Waals surface area contributed by atoms with Crippen molar-refractivity contribution in [3.8, 4) is 11.5 Å². The van der Waals surface area contributed by atoms with Gasteiger partial charge in [0.2, 0.25) is 0 Å². The zero-order valence-electron chi connectivity index (χ0n) is 14.7. The Morgan fingerprint density at radius 3 is 2.17 bits per heavy atom. The Morgan fingerprint density at radius 2 is 1.62 bits per heavy atom. The van der Waals surface area contributed by atoms with E-state index in [0.717, 1.165) is 16.9 Å². The molecule has 0 saturated heterocycles. The quantitative estimate of drug-likeness (QED) is 0.835. The van der Waals surface area contributed by atoms with E-state index >= 15 is 0 Å². The van der Waals surface area contributed by atoms with Crippen LogP contribution in [-0.4, -0.2) is 19.1 Å². The number of rotatable bonds is 7. The van der Waals surface area contributed by atoms with Gasteiger partial charge in [-0.15, -0.1) is 0 Å². The minimum atomic E-state index is -0.506. The fraction of sp³-hybridized carbons (Fsp3) is 0.350. The molecular weight excluding hydrogens is 302 g/mol. The maximum absolute atomic E-state index is 12.5. The van der Waals surface area contributed by atoms with Gasteiger partial charge < -0.3 is 14.8 Å². The van der Waals surface area contributed by atoms with Crippen LogP contribution in [-0.2, 0) is 4.79 Å². The molecule has 0 spiro atoms. The van der Waals surface area contributed by atoms with Crippen molar-refractivity contribution >= 4 is 5.91 Å². The molecule has 0 unspecified atom stereocenters. The van der Waals surface area contributed by atoms with Crippen LogP contribution < -0.4 is 14.8 Å². The Labute approximate surface area is 143 Å². The number of ether oxygens (including phenoxy) is 2. The third kappa shape index (κ3) is 4.75. The number of nitrogens with one attached hydrogen (secondary N) is 1. The maximum atomic E-state index is 12.5. The molecule has 1 N–H and O–H groups in total. The lowest BCUT2D eigenvalue weighted by Gasteiger charge is -2.21. The SMILES string of the molecule is CC[C@@H](Oc1ccc(C)cc1)C(=O)N[C@@H](C)c1ccc(OC)cc1. The highest BCUT2D eigenvalue weighted by molar-refractivity contribution is 5.81. The Balaban J connectivity index is 1.98. The Bertz CT molecular complexity index is 650. The molecule has 1 amide bonds. The third-order valence-electron chi connectivity index (χ3n) is 3.94. The van der Waals surface area contributed by atoms with Crippen molar-refractivity contribution in [3.63, 3.8) is 0 Å². The molecule has 0 aliphatic rings. The molecule has 0 saturated carbocycles. The summed E-state index contributed by atoms with van der Waals surface area (Å²) in [4.78, 5) is 12.5. The first-order chi connectivity index (χ1) is 11.5. The topological polar surface area (TPSA) is 47.6 Å². The Morgan fingerprint density at radius 1 is 1.04 bits per heavy atom. The maximum Gasteiger partial charge on any atom is 0.261 e. The van der Waals surface area contributed by atoms with Crippen LogP contribution in [0.3, 0.4) is 0 Å². The summed E-state index contributed by atoms with van der Waals surface area (Å²) in [5.41, 5.74) is 2.18.